The highest BCUT2D eigenvalue weighted by Gasteiger charge is 2.32. The van der Waals surface area contributed by atoms with Crippen molar-refractivity contribution in [2.24, 2.45) is 5.92 Å². The minimum atomic E-state index is -0.837. The molecule has 104 valence electrons. The molecule has 0 saturated carbocycles. The van der Waals surface area contributed by atoms with E-state index in [1.807, 2.05) is 0 Å². The topological polar surface area (TPSA) is 49.0 Å². The highest BCUT2D eigenvalue weighted by atomic mass is 16.4. The molecule has 4 nitrogen and oxygen atoms in total. The number of carboxylic acid groups (broad SMARTS) is 1. The molecule has 0 unspecified atom stereocenters. The average molecular weight is 255 g/mol. The number of quaternary nitrogens is 2. The van der Waals surface area contributed by atoms with Gasteiger partial charge in [-0.3, -0.25) is 0 Å². The Kier molecular flexibility index (Phi) is 5.01. The Labute approximate surface area is 110 Å². The molecule has 2 N–H and O–H groups in total. The highest BCUT2D eigenvalue weighted by Crippen LogP contribution is 2.09. The molecule has 0 radical (unpaired) electrons. The number of aliphatic carboxylic acids is 1. The fourth-order valence-corrected chi connectivity index (χ4v) is 3.67. The van der Waals surface area contributed by atoms with Gasteiger partial charge in [-0.05, 0) is 6.42 Å². The second kappa shape index (κ2) is 6.53. The number of carbonyl (C=O) groups is 1. The van der Waals surface area contributed by atoms with Crippen molar-refractivity contribution in [1.29, 1.82) is 0 Å². The van der Waals surface area contributed by atoms with Crippen molar-refractivity contribution < 1.29 is 19.7 Å². The average Bonchev–Trinajstić information content (AvgIpc) is 2.40. The van der Waals surface area contributed by atoms with E-state index in [1.54, 1.807) is 9.80 Å². The van der Waals surface area contributed by atoms with Crippen LogP contribution in [0, 0.1) is 5.92 Å². The molecule has 0 bridgehead atoms. The SMILES string of the molecule is CCC[NH+]1CCC([NH+]2CCC(C(=O)[O-])CC2)CC1. The van der Waals surface area contributed by atoms with Crippen molar-refractivity contribution >= 4 is 5.97 Å². The van der Waals surface area contributed by atoms with Gasteiger partial charge in [-0.2, -0.15) is 0 Å². The molecule has 18 heavy (non-hydrogen) atoms. The van der Waals surface area contributed by atoms with Crippen LogP contribution >= 0.6 is 0 Å². The maximum Gasteiger partial charge on any atom is 0.0983 e. The maximum atomic E-state index is 10.8. The molecule has 0 aliphatic carbocycles. The minimum absolute atomic E-state index is 0.181. The van der Waals surface area contributed by atoms with Crippen molar-refractivity contribution in [1.82, 2.24) is 0 Å². The van der Waals surface area contributed by atoms with Gasteiger partial charge in [0.2, 0.25) is 0 Å². The first-order valence-electron chi connectivity index (χ1n) is 7.59. The summed E-state index contributed by atoms with van der Waals surface area (Å²) in [7, 11) is 0. The lowest BCUT2D eigenvalue weighted by Gasteiger charge is -2.38. The number of carboxylic acids is 1. The summed E-state index contributed by atoms with van der Waals surface area (Å²) >= 11 is 0. The third-order valence-corrected chi connectivity index (χ3v) is 4.83. The Morgan fingerprint density at radius 2 is 1.72 bits per heavy atom. The zero-order valence-corrected chi connectivity index (χ0v) is 11.5. The third kappa shape index (κ3) is 3.45. The Hall–Kier alpha value is -0.610. The van der Waals surface area contributed by atoms with Gasteiger partial charge in [0.15, 0.2) is 0 Å². The van der Waals surface area contributed by atoms with E-state index in [0.717, 1.165) is 32.0 Å². The Morgan fingerprint density at radius 3 is 2.22 bits per heavy atom. The Balaban J connectivity index is 1.73. The summed E-state index contributed by atoms with van der Waals surface area (Å²) in [4.78, 5) is 14.2. The number of likely N-dealkylation sites (tertiary alicyclic amines) is 2. The van der Waals surface area contributed by atoms with Gasteiger partial charge >= 0.3 is 0 Å². The first kappa shape index (κ1) is 13.8. The fourth-order valence-electron chi connectivity index (χ4n) is 3.67. The lowest BCUT2D eigenvalue weighted by molar-refractivity contribution is -0.961. The molecular weight excluding hydrogens is 228 g/mol. The van der Waals surface area contributed by atoms with Crippen LogP contribution in [-0.4, -0.2) is 44.7 Å². The van der Waals surface area contributed by atoms with E-state index in [-0.39, 0.29) is 5.92 Å². The van der Waals surface area contributed by atoms with E-state index in [2.05, 4.69) is 6.92 Å². The predicted octanol–water partition coefficient (Wildman–Crippen LogP) is -2.51. The summed E-state index contributed by atoms with van der Waals surface area (Å²) in [6.07, 6.45) is 5.56. The largest absolute Gasteiger partial charge is 0.550 e. The molecule has 2 heterocycles. The maximum absolute atomic E-state index is 10.8. The molecule has 4 heteroatoms. The summed E-state index contributed by atoms with van der Waals surface area (Å²) in [5.74, 6) is -1.02. The summed E-state index contributed by atoms with van der Waals surface area (Å²) in [6, 6.07) is 0.785. The van der Waals surface area contributed by atoms with Crippen molar-refractivity contribution in [3.8, 4) is 0 Å². The summed E-state index contributed by atoms with van der Waals surface area (Å²) in [5, 5.41) is 10.8. The number of carbonyl (C=O) groups excluding carboxylic acids is 1. The number of hydrogen-bond acceptors (Lipinski definition) is 2. The van der Waals surface area contributed by atoms with E-state index >= 15 is 0 Å². The number of nitrogens with one attached hydrogen (secondary N) is 2. The van der Waals surface area contributed by atoms with Crippen molar-refractivity contribution in [3.63, 3.8) is 0 Å². The van der Waals surface area contributed by atoms with Gasteiger partial charge < -0.3 is 19.7 Å². The van der Waals surface area contributed by atoms with Gasteiger partial charge in [0.1, 0.15) is 0 Å². The van der Waals surface area contributed by atoms with E-state index in [9.17, 15) is 9.90 Å². The molecule has 2 saturated heterocycles. The van der Waals surface area contributed by atoms with Crippen molar-refractivity contribution in [2.45, 2.75) is 45.1 Å². The summed E-state index contributed by atoms with van der Waals surface area (Å²) in [6.45, 7) is 8.26. The lowest BCUT2D eigenvalue weighted by Crippen LogP contribution is -3.21. The normalized spacial score (nSPS) is 37.4. The lowest BCUT2D eigenvalue weighted by atomic mass is 9.93. The number of hydrogen-bond donors (Lipinski definition) is 2. The van der Waals surface area contributed by atoms with Crippen LogP contribution in [0.25, 0.3) is 0 Å². The molecule has 0 aromatic rings. The van der Waals surface area contributed by atoms with Gasteiger partial charge in [-0.1, -0.05) is 6.92 Å². The van der Waals surface area contributed by atoms with Gasteiger partial charge in [0.05, 0.1) is 38.8 Å². The second-order valence-electron chi connectivity index (χ2n) is 6.03. The van der Waals surface area contributed by atoms with Gasteiger partial charge in [-0.25, -0.2) is 0 Å². The molecule has 0 aromatic heterocycles. The monoisotopic (exact) mass is 255 g/mol. The molecule has 2 rings (SSSR count). The molecule has 0 atom stereocenters. The van der Waals surface area contributed by atoms with E-state index in [1.165, 1.54) is 38.9 Å². The highest BCUT2D eigenvalue weighted by molar-refractivity contribution is 5.67. The van der Waals surface area contributed by atoms with Crippen LogP contribution in [0.4, 0.5) is 0 Å². The number of piperidine rings is 2. The van der Waals surface area contributed by atoms with E-state index < -0.39 is 5.97 Å². The Bertz CT molecular complexity index is 267. The standard InChI is InChI=1S/C14H26N2O2/c1-2-7-15-8-5-13(6-9-15)16-10-3-12(4-11-16)14(17)18/h12-13H,2-11H2,1H3,(H,17,18)/p+1. The van der Waals surface area contributed by atoms with Crippen LogP contribution in [0.1, 0.15) is 39.0 Å². The van der Waals surface area contributed by atoms with E-state index in [4.69, 9.17) is 0 Å². The first-order valence-corrected chi connectivity index (χ1v) is 7.59. The van der Waals surface area contributed by atoms with Crippen LogP contribution in [0.3, 0.4) is 0 Å². The van der Waals surface area contributed by atoms with Crippen molar-refractivity contribution in [3.05, 3.63) is 0 Å². The minimum Gasteiger partial charge on any atom is -0.550 e. The molecule has 0 spiro atoms. The summed E-state index contributed by atoms with van der Waals surface area (Å²) < 4.78 is 0. The van der Waals surface area contributed by atoms with Crippen molar-refractivity contribution in [2.75, 3.05) is 32.7 Å². The zero-order chi connectivity index (χ0) is 13.0. The molecule has 2 aliphatic heterocycles. The predicted molar refractivity (Wildman–Crippen MR) is 67.3 cm³/mol. The molecule has 2 fully saturated rings. The van der Waals surface area contributed by atoms with E-state index in [0.29, 0.717) is 0 Å². The first-order chi connectivity index (χ1) is 8.70. The zero-order valence-electron chi connectivity index (χ0n) is 11.5. The Morgan fingerprint density at radius 1 is 1.11 bits per heavy atom. The molecule has 2 aliphatic rings. The van der Waals surface area contributed by atoms with Crippen LogP contribution in [-0.2, 0) is 4.79 Å². The summed E-state index contributed by atoms with van der Waals surface area (Å²) in [5.41, 5.74) is 0. The van der Waals surface area contributed by atoms with Crippen LogP contribution in [0.5, 0.6) is 0 Å². The quantitative estimate of drug-likeness (QED) is 0.583. The third-order valence-electron chi connectivity index (χ3n) is 4.83. The molecular formula is C14H27N2O2+. The van der Waals surface area contributed by atoms with Crippen LogP contribution in [0.2, 0.25) is 0 Å². The fraction of sp³-hybridized carbons (Fsp3) is 0.929. The van der Waals surface area contributed by atoms with Crippen LogP contribution in [0.15, 0.2) is 0 Å². The van der Waals surface area contributed by atoms with Gasteiger partial charge in [0.25, 0.3) is 0 Å². The molecule has 0 aromatic carbocycles. The number of rotatable bonds is 4. The van der Waals surface area contributed by atoms with Gasteiger partial charge in [-0.15, -0.1) is 0 Å². The molecule has 0 amide bonds. The second-order valence-corrected chi connectivity index (χ2v) is 6.03. The van der Waals surface area contributed by atoms with Crippen LogP contribution < -0.4 is 14.9 Å². The van der Waals surface area contributed by atoms with Gasteiger partial charge in [0, 0.05) is 37.6 Å². The smallest absolute Gasteiger partial charge is 0.0983 e.